The van der Waals surface area contributed by atoms with E-state index >= 15 is 0 Å². The molecule has 0 N–H and O–H groups in total. The number of anilines is 1. The van der Waals surface area contributed by atoms with Crippen LogP contribution in [0.15, 0.2) is 40.2 Å². The molecule has 0 aliphatic carbocycles. The minimum atomic E-state index is -4.50. The van der Waals surface area contributed by atoms with E-state index in [0.29, 0.717) is 42.9 Å². The van der Waals surface area contributed by atoms with E-state index in [1.807, 2.05) is 0 Å². The normalized spacial score (nSPS) is 14.8. The standard InChI is InChI=1S/C19H18ClF3N6O2S/c1-27-17(14-3-2-8-31-14)25-26-18(27)32-11-15(30)28-4-6-29(7-5-28)16-13(20)9-12(10-24-16)19(21,22)23/h2-3,8-10H,4-7,11H2,1H3. The molecule has 1 aliphatic rings. The van der Waals surface area contributed by atoms with E-state index < -0.39 is 11.7 Å². The van der Waals surface area contributed by atoms with Gasteiger partial charge in [0.05, 0.1) is 22.6 Å². The molecular formula is C19H18ClF3N6O2S. The third-order valence-electron chi connectivity index (χ3n) is 4.98. The average molecular weight is 487 g/mol. The molecule has 170 valence electrons. The lowest BCUT2D eigenvalue weighted by atomic mass is 10.2. The van der Waals surface area contributed by atoms with E-state index in [4.69, 9.17) is 16.0 Å². The molecule has 0 saturated carbocycles. The van der Waals surface area contributed by atoms with E-state index in [-0.39, 0.29) is 22.5 Å². The van der Waals surface area contributed by atoms with Crippen LogP contribution in [-0.2, 0) is 18.0 Å². The van der Waals surface area contributed by atoms with Gasteiger partial charge < -0.3 is 18.8 Å². The van der Waals surface area contributed by atoms with Crippen molar-refractivity contribution in [3.8, 4) is 11.6 Å². The van der Waals surface area contributed by atoms with Crippen molar-refractivity contribution in [2.24, 2.45) is 7.05 Å². The average Bonchev–Trinajstić information content (AvgIpc) is 3.41. The van der Waals surface area contributed by atoms with Crippen LogP contribution in [0, 0.1) is 0 Å². The molecule has 3 aromatic rings. The molecule has 3 aromatic heterocycles. The van der Waals surface area contributed by atoms with E-state index in [0.717, 1.165) is 12.3 Å². The van der Waals surface area contributed by atoms with Crippen LogP contribution in [0.3, 0.4) is 0 Å². The molecule has 1 aliphatic heterocycles. The number of nitrogens with zero attached hydrogens (tertiary/aromatic N) is 6. The molecule has 0 spiro atoms. The summed E-state index contributed by atoms with van der Waals surface area (Å²) >= 11 is 7.30. The first-order valence-corrected chi connectivity index (χ1v) is 10.9. The number of hydrogen-bond donors (Lipinski definition) is 0. The maximum Gasteiger partial charge on any atom is 0.417 e. The molecular weight excluding hydrogens is 469 g/mol. The van der Waals surface area contributed by atoms with Crippen LogP contribution in [0.5, 0.6) is 0 Å². The lowest BCUT2D eigenvalue weighted by Gasteiger charge is -2.35. The van der Waals surface area contributed by atoms with Gasteiger partial charge in [-0.25, -0.2) is 4.98 Å². The highest BCUT2D eigenvalue weighted by Gasteiger charge is 2.32. The summed E-state index contributed by atoms with van der Waals surface area (Å²) in [7, 11) is 1.80. The number of carbonyl (C=O) groups is 1. The number of furan rings is 1. The van der Waals surface area contributed by atoms with E-state index in [9.17, 15) is 18.0 Å². The fourth-order valence-electron chi connectivity index (χ4n) is 3.26. The molecule has 4 rings (SSSR count). The number of aromatic nitrogens is 4. The van der Waals surface area contributed by atoms with E-state index in [2.05, 4.69) is 15.2 Å². The van der Waals surface area contributed by atoms with Gasteiger partial charge in [-0.15, -0.1) is 10.2 Å². The summed E-state index contributed by atoms with van der Waals surface area (Å²) in [6.45, 7) is 1.66. The first-order chi connectivity index (χ1) is 15.2. The highest BCUT2D eigenvalue weighted by molar-refractivity contribution is 7.99. The summed E-state index contributed by atoms with van der Waals surface area (Å²) in [6.07, 6.45) is -2.18. The molecule has 1 amide bonds. The number of pyridine rings is 1. The van der Waals surface area contributed by atoms with Crippen LogP contribution < -0.4 is 4.90 Å². The second-order valence-corrected chi connectivity index (χ2v) is 8.38. The molecule has 0 radical (unpaired) electrons. The minimum absolute atomic E-state index is 0.0650. The zero-order chi connectivity index (χ0) is 22.9. The highest BCUT2D eigenvalue weighted by atomic mass is 35.5. The van der Waals surface area contributed by atoms with Crippen molar-refractivity contribution >= 4 is 35.1 Å². The van der Waals surface area contributed by atoms with Crippen LogP contribution in [0.2, 0.25) is 5.02 Å². The second-order valence-electron chi connectivity index (χ2n) is 7.03. The first-order valence-electron chi connectivity index (χ1n) is 9.55. The van der Waals surface area contributed by atoms with E-state index in [1.54, 1.807) is 39.8 Å². The van der Waals surface area contributed by atoms with Crippen molar-refractivity contribution < 1.29 is 22.4 Å². The SMILES string of the molecule is Cn1c(SCC(=O)N2CCN(c3ncc(C(F)(F)F)cc3Cl)CC2)nnc1-c1ccco1. The van der Waals surface area contributed by atoms with Gasteiger partial charge >= 0.3 is 6.18 Å². The number of rotatable bonds is 5. The number of amides is 1. The Morgan fingerprint density at radius 1 is 1.25 bits per heavy atom. The molecule has 1 saturated heterocycles. The Balaban J connectivity index is 1.32. The second kappa shape index (κ2) is 9.02. The number of alkyl halides is 3. The Hall–Kier alpha value is -2.73. The maximum atomic E-state index is 12.8. The van der Waals surface area contributed by atoms with Crippen LogP contribution in [-0.4, -0.2) is 62.5 Å². The van der Waals surface area contributed by atoms with Crippen molar-refractivity contribution in [3.63, 3.8) is 0 Å². The van der Waals surface area contributed by atoms with Crippen molar-refractivity contribution in [1.82, 2.24) is 24.6 Å². The first kappa shape index (κ1) is 22.5. The van der Waals surface area contributed by atoms with Crippen molar-refractivity contribution in [1.29, 1.82) is 0 Å². The zero-order valence-electron chi connectivity index (χ0n) is 16.8. The smallest absolute Gasteiger partial charge is 0.417 e. The van der Waals surface area contributed by atoms with Gasteiger partial charge in [-0.2, -0.15) is 13.2 Å². The summed E-state index contributed by atoms with van der Waals surface area (Å²) in [5.74, 6) is 1.56. The molecule has 8 nitrogen and oxygen atoms in total. The number of piperazine rings is 1. The number of thioether (sulfide) groups is 1. The highest BCUT2D eigenvalue weighted by Crippen LogP contribution is 2.33. The van der Waals surface area contributed by atoms with Gasteiger partial charge in [0.1, 0.15) is 5.82 Å². The number of hydrogen-bond acceptors (Lipinski definition) is 7. The summed E-state index contributed by atoms with van der Waals surface area (Å²) in [5, 5.41) is 8.73. The lowest BCUT2D eigenvalue weighted by molar-refractivity contribution is -0.137. The quantitative estimate of drug-likeness (QED) is 0.510. The number of halogens is 4. The minimum Gasteiger partial charge on any atom is -0.461 e. The van der Waals surface area contributed by atoms with Crippen molar-refractivity contribution in [2.75, 3.05) is 36.8 Å². The van der Waals surface area contributed by atoms with Gasteiger partial charge in [-0.3, -0.25) is 4.79 Å². The molecule has 4 heterocycles. The van der Waals surface area contributed by atoms with Gasteiger partial charge in [0.25, 0.3) is 0 Å². The van der Waals surface area contributed by atoms with Gasteiger partial charge in [-0.05, 0) is 18.2 Å². The molecule has 0 bridgehead atoms. The Morgan fingerprint density at radius 2 is 2.00 bits per heavy atom. The lowest BCUT2D eigenvalue weighted by Crippen LogP contribution is -2.49. The summed E-state index contributed by atoms with van der Waals surface area (Å²) in [4.78, 5) is 20.0. The monoisotopic (exact) mass is 486 g/mol. The largest absolute Gasteiger partial charge is 0.461 e. The van der Waals surface area contributed by atoms with Gasteiger partial charge in [0.2, 0.25) is 5.91 Å². The summed E-state index contributed by atoms with van der Waals surface area (Å²) in [5.41, 5.74) is -0.893. The maximum absolute atomic E-state index is 12.8. The zero-order valence-corrected chi connectivity index (χ0v) is 18.4. The van der Waals surface area contributed by atoms with Crippen LogP contribution in [0.1, 0.15) is 5.56 Å². The Kier molecular flexibility index (Phi) is 6.33. The van der Waals surface area contributed by atoms with E-state index in [1.165, 1.54) is 11.8 Å². The van der Waals surface area contributed by atoms with Crippen LogP contribution in [0.4, 0.5) is 19.0 Å². The molecule has 0 atom stereocenters. The fraction of sp³-hybridized carbons (Fsp3) is 0.368. The molecule has 32 heavy (non-hydrogen) atoms. The van der Waals surface area contributed by atoms with Crippen molar-refractivity contribution in [3.05, 3.63) is 41.2 Å². The Bertz CT molecular complexity index is 1100. The third-order valence-corrected chi connectivity index (χ3v) is 6.27. The van der Waals surface area contributed by atoms with Gasteiger partial charge in [0.15, 0.2) is 16.7 Å². The predicted molar refractivity (Wildman–Crippen MR) is 112 cm³/mol. The van der Waals surface area contributed by atoms with Crippen LogP contribution >= 0.6 is 23.4 Å². The Labute approximate surface area is 190 Å². The molecule has 0 unspecified atom stereocenters. The summed E-state index contributed by atoms with van der Waals surface area (Å²) < 4.78 is 45.5. The number of carbonyl (C=O) groups excluding carboxylic acids is 1. The van der Waals surface area contributed by atoms with Crippen LogP contribution in [0.25, 0.3) is 11.6 Å². The summed E-state index contributed by atoms with van der Waals surface area (Å²) in [6, 6.07) is 4.41. The molecule has 0 aromatic carbocycles. The van der Waals surface area contributed by atoms with Crippen molar-refractivity contribution in [2.45, 2.75) is 11.3 Å². The Morgan fingerprint density at radius 3 is 2.62 bits per heavy atom. The van der Waals surface area contributed by atoms with Gasteiger partial charge in [-0.1, -0.05) is 23.4 Å². The molecule has 1 fully saturated rings. The van der Waals surface area contributed by atoms with Gasteiger partial charge in [0, 0.05) is 39.4 Å². The molecule has 13 heteroatoms. The predicted octanol–water partition coefficient (Wildman–Crippen LogP) is 3.58. The fourth-order valence-corrected chi connectivity index (χ4v) is 4.36. The third kappa shape index (κ3) is 4.70. The topological polar surface area (TPSA) is 80.3 Å².